The topological polar surface area (TPSA) is 90.3 Å². The first-order valence-electron chi connectivity index (χ1n) is 6.12. The first kappa shape index (κ1) is 17.7. The molecule has 7 heteroatoms. The lowest BCUT2D eigenvalue weighted by atomic mass is 10.1. The van der Waals surface area contributed by atoms with Crippen molar-refractivity contribution in [1.82, 2.24) is 9.80 Å². The van der Waals surface area contributed by atoms with Gasteiger partial charge in [-0.2, -0.15) is 0 Å². The lowest BCUT2D eigenvalue weighted by molar-refractivity contribution is -0.138. The zero-order chi connectivity index (χ0) is 15.1. The molecule has 2 N–H and O–H groups in total. The number of urea groups is 1. The van der Waals surface area contributed by atoms with Crippen LogP contribution in [0.1, 0.15) is 20.8 Å². The molecule has 0 rings (SSSR count). The standard InChI is InChI=1S/C12H24N2O5/c1-12(2,3)14(9-10(16)17)11(18)13(5-7-15)6-8-19-4/h15H,5-9H2,1-4H3,(H,16,17). The number of aliphatic carboxylic acids is 1. The number of aliphatic hydroxyl groups excluding tert-OH is 1. The molecule has 0 aromatic rings. The van der Waals surface area contributed by atoms with Gasteiger partial charge in [0, 0.05) is 25.7 Å². The highest BCUT2D eigenvalue weighted by Gasteiger charge is 2.31. The molecule has 0 spiro atoms. The van der Waals surface area contributed by atoms with E-state index in [0.29, 0.717) is 13.2 Å². The fraction of sp³-hybridized carbons (Fsp3) is 0.833. The molecule has 0 aromatic heterocycles. The lowest BCUT2D eigenvalue weighted by Crippen LogP contribution is -2.54. The minimum atomic E-state index is -1.07. The van der Waals surface area contributed by atoms with Crippen molar-refractivity contribution in [2.75, 3.05) is 40.0 Å². The summed E-state index contributed by atoms with van der Waals surface area (Å²) in [6, 6.07) is -0.416. The Kier molecular flexibility index (Phi) is 7.40. The minimum Gasteiger partial charge on any atom is -0.480 e. The fourth-order valence-electron chi connectivity index (χ4n) is 1.52. The highest BCUT2D eigenvalue weighted by Crippen LogP contribution is 2.15. The van der Waals surface area contributed by atoms with Gasteiger partial charge in [0.2, 0.25) is 0 Å². The molecule has 2 amide bonds. The number of hydrogen-bond acceptors (Lipinski definition) is 4. The number of ether oxygens (including phenoxy) is 1. The highest BCUT2D eigenvalue weighted by atomic mass is 16.5. The summed E-state index contributed by atoms with van der Waals surface area (Å²) in [5.74, 6) is -1.07. The van der Waals surface area contributed by atoms with Gasteiger partial charge in [0.1, 0.15) is 6.54 Å². The second-order valence-electron chi connectivity index (χ2n) is 5.14. The second-order valence-corrected chi connectivity index (χ2v) is 5.14. The van der Waals surface area contributed by atoms with Crippen LogP contribution in [-0.2, 0) is 9.53 Å². The molecule has 0 aromatic carbocycles. The van der Waals surface area contributed by atoms with Crippen molar-refractivity contribution in [3.8, 4) is 0 Å². The molecule has 7 nitrogen and oxygen atoms in total. The molecule has 0 fully saturated rings. The summed E-state index contributed by atoms with van der Waals surface area (Å²) in [6.45, 7) is 5.52. The molecular weight excluding hydrogens is 252 g/mol. The smallest absolute Gasteiger partial charge is 0.323 e. The summed E-state index contributed by atoms with van der Waals surface area (Å²) in [7, 11) is 1.51. The zero-order valence-corrected chi connectivity index (χ0v) is 12.0. The maximum Gasteiger partial charge on any atom is 0.323 e. The van der Waals surface area contributed by atoms with E-state index in [1.54, 1.807) is 20.8 Å². The number of carboxylic acid groups (broad SMARTS) is 1. The third kappa shape index (κ3) is 6.40. The Bertz CT molecular complexity index is 301. The van der Waals surface area contributed by atoms with Crippen LogP contribution >= 0.6 is 0 Å². The van der Waals surface area contributed by atoms with E-state index < -0.39 is 17.5 Å². The molecule has 0 radical (unpaired) electrons. The van der Waals surface area contributed by atoms with E-state index in [1.807, 2.05) is 0 Å². The molecule has 0 aliphatic rings. The van der Waals surface area contributed by atoms with Crippen LogP contribution in [0.25, 0.3) is 0 Å². The van der Waals surface area contributed by atoms with E-state index in [2.05, 4.69) is 0 Å². The van der Waals surface area contributed by atoms with Gasteiger partial charge in [-0.3, -0.25) is 4.79 Å². The molecule has 0 saturated heterocycles. The molecule has 0 aliphatic heterocycles. The Labute approximate surface area is 113 Å². The van der Waals surface area contributed by atoms with Crippen LogP contribution in [-0.4, -0.2) is 77.5 Å². The highest BCUT2D eigenvalue weighted by molar-refractivity contribution is 5.80. The van der Waals surface area contributed by atoms with Crippen LogP contribution in [0.5, 0.6) is 0 Å². The Morgan fingerprint density at radius 1 is 1.21 bits per heavy atom. The van der Waals surface area contributed by atoms with E-state index in [9.17, 15) is 9.59 Å². The molecule has 0 bridgehead atoms. The Hall–Kier alpha value is -1.34. The summed E-state index contributed by atoms with van der Waals surface area (Å²) in [4.78, 5) is 25.9. The van der Waals surface area contributed by atoms with Gasteiger partial charge < -0.3 is 24.7 Å². The number of aliphatic hydroxyl groups is 1. The fourth-order valence-corrected chi connectivity index (χ4v) is 1.52. The minimum absolute atomic E-state index is 0.147. The van der Waals surface area contributed by atoms with E-state index in [1.165, 1.54) is 16.9 Å². The third-order valence-electron chi connectivity index (χ3n) is 2.54. The van der Waals surface area contributed by atoms with Gasteiger partial charge in [-0.1, -0.05) is 0 Å². The van der Waals surface area contributed by atoms with Crippen LogP contribution in [0.15, 0.2) is 0 Å². The molecule has 0 atom stereocenters. The molecule has 0 aliphatic carbocycles. The largest absolute Gasteiger partial charge is 0.480 e. The number of nitrogens with zero attached hydrogens (tertiary/aromatic N) is 2. The summed E-state index contributed by atoms with van der Waals surface area (Å²) in [5, 5.41) is 17.9. The van der Waals surface area contributed by atoms with Gasteiger partial charge in [-0.05, 0) is 20.8 Å². The van der Waals surface area contributed by atoms with Crippen LogP contribution in [0.3, 0.4) is 0 Å². The van der Waals surface area contributed by atoms with Crippen LogP contribution < -0.4 is 0 Å². The van der Waals surface area contributed by atoms with Crippen molar-refractivity contribution < 1.29 is 24.5 Å². The summed E-state index contributed by atoms with van der Waals surface area (Å²) in [5.41, 5.74) is -0.615. The molecular formula is C12H24N2O5. The Morgan fingerprint density at radius 3 is 2.16 bits per heavy atom. The number of methoxy groups -OCH3 is 1. The van der Waals surface area contributed by atoms with E-state index in [-0.39, 0.29) is 19.7 Å². The van der Waals surface area contributed by atoms with Crippen molar-refractivity contribution in [2.24, 2.45) is 0 Å². The van der Waals surface area contributed by atoms with Crippen molar-refractivity contribution in [3.63, 3.8) is 0 Å². The average molecular weight is 276 g/mol. The summed E-state index contributed by atoms with van der Waals surface area (Å²) >= 11 is 0. The van der Waals surface area contributed by atoms with Crippen molar-refractivity contribution in [3.05, 3.63) is 0 Å². The molecule has 112 valence electrons. The first-order chi connectivity index (χ1) is 8.73. The number of rotatable bonds is 7. The first-order valence-corrected chi connectivity index (χ1v) is 6.12. The average Bonchev–Trinajstić information content (AvgIpc) is 2.29. The van der Waals surface area contributed by atoms with Crippen LogP contribution in [0, 0.1) is 0 Å². The van der Waals surface area contributed by atoms with Crippen molar-refractivity contribution in [2.45, 2.75) is 26.3 Å². The van der Waals surface area contributed by atoms with Gasteiger partial charge >= 0.3 is 12.0 Å². The number of carbonyl (C=O) groups excluding carboxylic acids is 1. The van der Waals surface area contributed by atoms with Gasteiger partial charge in [-0.25, -0.2) is 4.79 Å². The van der Waals surface area contributed by atoms with Gasteiger partial charge in [-0.15, -0.1) is 0 Å². The number of amides is 2. The SMILES string of the molecule is COCCN(CCO)C(=O)N(CC(=O)O)C(C)(C)C. The predicted molar refractivity (Wildman–Crippen MR) is 70.0 cm³/mol. The van der Waals surface area contributed by atoms with E-state index >= 15 is 0 Å². The van der Waals surface area contributed by atoms with Crippen molar-refractivity contribution in [1.29, 1.82) is 0 Å². The maximum absolute atomic E-state index is 12.3. The normalized spacial score (nSPS) is 11.2. The summed E-state index contributed by atoms with van der Waals surface area (Å²) < 4.78 is 4.90. The van der Waals surface area contributed by atoms with E-state index in [4.69, 9.17) is 14.9 Å². The quantitative estimate of drug-likeness (QED) is 0.695. The monoisotopic (exact) mass is 276 g/mol. The molecule has 0 unspecified atom stereocenters. The van der Waals surface area contributed by atoms with E-state index in [0.717, 1.165) is 0 Å². The van der Waals surface area contributed by atoms with Gasteiger partial charge in [0.15, 0.2) is 0 Å². The van der Waals surface area contributed by atoms with Crippen molar-refractivity contribution >= 4 is 12.0 Å². The van der Waals surface area contributed by atoms with Crippen LogP contribution in [0.2, 0.25) is 0 Å². The molecule has 0 heterocycles. The summed E-state index contributed by atoms with van der Waals surface area (Å²) in [6.07, 6.45) is 0. The van der Waals surface area contributed by atoms with Crippen LogP contribution in [0.4, 0.5) is 4.79 Å². The zero-order valence-electron chi connectivity index (χ0n) is 12.0. The Morgan fingerprint density at radius 2 is 1.79 bits per heavy atom. The van der Waals surface area contributed by atoms with Gasteiger partial charge in [0.25, 0.3) is 0 Å². The lowest BCUT2D eigenvalue weighted by Gasteiger charge is -2.38. The molecule has 0 saturated carbocycles. The maximum atomic E-state index is 12.3. The number of carboxylic acids is 1. The Balaban J connectivity index is 4.95. The van der Waals surface area contributed by atoms with Gasteiger partial charge in [0.05, 0.1) is 13.2 Å². The number of carbonyl (C=O) groups is 2. The molecule has 19 heavy (non-hydrogen) atoms. The third-order valence-corrected chi connectivity index (χ3v) is 2.54. The predicted octanol–water partition coefficient (Wildman–Crippen LogP) is 0.232. The second kappa shape index (κ2) is 7.96. The number of hydrogen-bond donors (Lipinski definition) is 2.